The maximum absolute atomic E-state index is 7.95. The number of pyridine rings is 3. The molecular weight excluding hydrogens is 723 g/mol. The zero-order chi connectivity index (χ0) is 39.9. The fraction of sp³-hybridized carbons (Fsp3) is 0.0577. The Morgan fingerprint density at radius 2 is 0.949 bits per heavy atom. The van der Waals surface area contributed by atoms with Gasteiger partial charge in [-0.1, -0.05) is 105 Å². The lowest BCUT2D eigenvalue weighted by Crippen LogP contribution is -2.14. The van der Waals surface area contributed by atoms with E-state index in [1.54, 1.807) is 12.4 Å². The van der Waals surface area contributed by atoms with Crippen molar-refractivity contribution in [2.24, 2.45) is 0 Å². The Morgan fingerprint density at radius 1 is 0.424 bits per heavy atom. The topological polar surface area (TPSA) is 81.7 Å². The van der Waals surface area contributed by atoms with Crippen molar-refractivity contribution < 1.29 is 0 Å². The lowest BCUT2D eigenvalue weighted by Gasteiger charge is -2.22. The van der Waals surface area contributed by atoms with Crippen molar-refractivity contribution in [2.75, 3.05) is 0 Å². The first-order chi connectivity index (χ1) is 28.9. The summed E-state index contributed by atoms with van der Waals surface area (Å²) in [6.45, 7) is 12.4. The molecule has 9 aromatic rings. The molecule has 5 aromatic carbocycles. The molecule has 7 nitrogen and oxygen atoms in total. The van der Waals surface area contributed by atoms with Crippen LogP contribution >= 0.6 is 0 Å². The Morgan fingerprint density at radius 3 is 1.51 bits per heavy atom. The molecule has 0 saturated carbocycles. The average Bonchev–Trinajstić information content (AvgIpc) is 3.55. The fourth-order valence-electron chi connectivity index (χ4n) is 8.09. The molecule has 278 valence electrons. The van der Waals surface area contributed by atoms with Crippen LogP contribution in [-0.2, 0) is 5.41 Å². The Kier molecular flexibility index (Phi) is 8.73. The van der Waals surface area contributed by atoms with Gasteiger partial charge in [0.15, 0.2) is 23.2 Å². The second-order valence-corrected chi connectivity index (χ2v) is 15.1. The van der Waals surface area contributed by atoms with E-state index in [4.69, 9.17) is 26.5 Å². The van der Waals surface area contributed by atoms with Crippen LogP contribution in [0.1, 0.15) is 25.0 Å². The van der Waals surface area contributed by atoms with E-state index in [9.17, 15) is 0 Å². The number of rotatable bonds is 7. The van der Waals surface area contributed by atoms with Crippen LogP contribution in [-0.4, -0.2) is 29.9 Å². The molecule has 1 aliphatic rings. The largest absolute Gasteiger partial charge is 0.264 e. The molecule has 0 atom stereocenters. The van der Waals surface area contributed by atoms with E-state index in [-0.39, 0.29) is 5.41 Å². The summed E-state index contributed by atoms with van der Waals surface area (Å²) in [5, 5.41) is 0. The predicted molar refractivity (Wildman–Crippen MR) is 235 cm³/mol. The van der Waals surface area contributed by atoms with Gasteiger partial charge in [0.05, 0.1) is 18.0 Å². The van der Waals surface area contributed by atoms with Crippen molar-refractivity contribution >= 4 is 5.69 Å². The average molecular weight is 758 g/mol. The zero-order valence-corrected chi connectivity index (χ0v) is 32.4. The monoisotopic (exact) mass is 757 g/mol. The van der Waals surface area contributed by atoms with Gasteiger partial charge in [0, 0.05) is 58.0 Å². The van der Waals surface area contributed by atoms with Crippen molar-refractivity contribution in [1.82, 2.24) is 29.9 Å². The van der Waals surface area contributed by atoms with Crippen LogP contribution < -0.4 is 0 Å². The summed E-state index contributed by atoms with van der Waals surface area (Å²) in [5.41, 5.74) is 14.9. The van der Waals surface area contributed by atoms with Gasteiger partial charge in [-0.3, -0.25) is 9.97 Å². The first-order valence-electron chi connectivity index (χ1n) is 19.4. The SMILES string of the molecule is [C-]#[N+]c1cccc2c1-c1ccc(-c3cc(-c4cc(-c5cccnc5)nc(-c5cccnc5)c4)cc(-c4nc(-c5ccccc5)nc(-c5ccccc5)n4)c3)cc1C2(C)C. The molecule has 4 aromatic heterocycles. The highest BCUT2D eigenvalue weighted by Crippen LogP contribution is 2.53. The Balaban J connectivity index is 1.22. The molecule has 0 N–H and O–H groups in total. The first-order valence-corrected chi connectivity index (χ1v) is 19.4. The highest BCUT2D eigenvalue weighted by molar-refractivity contribution is 5.92. The van der Waals surface area contributed by atoms with Gasteiger partial charge in [-0.05, 0) is 105 Å². The second-order valence-electron chi connectivity index (χ2n) is 15.1. The summed E-state index contributed by atoms with van der Waals surface area (Å²) in [6.07, 6.45) is 7.22. The van der Waals surface area contributed by atoms with Gasteiger partial charge < -0.3 is 0 Å². The summed E-state index contributed by atoms with van der Waals surface area (Å²) in [4.78, 5) is 33.1. The third kappa shape index (κ3) is 6.53. The van der Waals surface area contributed by atoms with Crippen LogP contribution in [0.2, 0.25) is 0 Å². The molecule has 0 unspecified atom stereocenters. The first kappa shape index (κ1) is 35.5. The minimum Gasteiger partial charge on any atom is -0.264 e. The van der Waals surface area contributed by atoms with Crippen molar-refractivity contribution in [1.29, 1.82) is 0 Å². The van der Waals surface area contributed by atoms with Crippen LogP contribution in [0, 0.1) is 6.57 Å². The Hall–Kier alpha value is -7.95. The molecule has 0 radical (unpaired) electrons. The van der Waals surface area contributed by atoms with Gasteiger partial charge in [-0.2, -0.15) is 0 Å². The van der Waals surface area contributed by atoms with Crippen LogP contribution in [0.4, 0.5) is 5.69 Å². The highest BCUT2D eigenvalue weighted by atomic mass is 15.0. The molecule has 7 heteroatoms. The Labute approximate surface area is 342 Å². The van der Waals surface area contributed by atoms with Crippen molar-refractivity contribution in [2.45, 2.75) is 19.3 Å². The third-order valence-electron chi connectivity index (χ3n) is 11.1. The molecule has 0 amide bonds. The van der Waals surface area contributed by atoms with Gasteiger partial charge >= 0.3 is 0 Å². The van der Waals surface area contributed by atoms with E-state index in [1.165, 1.54) is 11.1 Å². The highest BCUT2D eigenvalue weighted by Gasteiger charge is 2.36. The number of aromatic nitrogens is 6. The van der Waals surface area contributed by atoms with E-state index < -0.39 is 0 Å². The van der Waals surface area contributed by atoms with E-state index >= 15 is 0 Å². The molecule has 0 bridgehead atoms. The summed E-state index contributed by atoms with van der Waals surface area (Å²) < 4.78 is 0. The summed E-state index contributed by atoms with van der Waals surface area (Å²) in [7, 11) is 0. The van der Waals surface area contributed by atoms with Crippen molar-refractivity contribution in [3.63, 3.8) is 0 Å². The molecule has 4 heterocycles. The number of benzene rings is 5. The summed E-state index contributed by atoms with van der Waals surface area (Å²) in [6, 6.07) is 51.5. The number of nitrogens with zero attached hydrogens (tertiary/aromatic N) is 7. The lowest BCUT2D eigenvalue weighted by molar-refractivity contribution is 0.661. The normalized spacial score (nSPS) is 12.4. The fourth-order valence-corrected chi connectivity index (χ4v) is 8.09. The van der Waals surface area contributed by atoms with Crippen molar-refractivity contribution in [3.8, 4) is 90.1 Å². The number of hydrogen-bond donors (Lipinski definition) is 0. The van der Waals surface area contributed by atoms with Gasteiger partial charge in [-0.25, -0.2) is 24.8 Å². The maximum Gasteiger partial charge on any atom is 0.195 e. The molecule has 0 fully saturated rings. The molecular formula is C52H35N7. The third-order valence-corrected chi connectivity index (χ3v) is 11.1. The van der Waals surface area contributed by atoms with Crippen LogP contribution in [0.5, 0.6) is 0 Å². The second kappa shape index (κ2) is 14.5. The molecule has 10 rings (SSSR count). The standard InChI is InChI=1S/C52H35N7/c1-52(2)43-19-10-20-45(53-3)48(43)42-22-21-35(28-44(42)52)38-25-39(40-29-46(36-17-11-23-54-31-36)56-47(30-40)37-18-12-24-55-32-37)27-41(26-38)51-58-49(33-13-6-4-7-14-33)57-50(59-51)34-15-8-5-9-16-34/h4-32H,1-2H3. The quantitative estimate of drug-likeness (QED) is 0.151. The number of hydrogen-bond acceptors (Lipinski definition) is 6. The molecule has 0 spiro atoms. The van der Waals surface area contributed by atoms with E-state index in [2.05, 4.69) is 83.3 Å². The minimum atomic E-state index is -0.298. The van der Waals surface area contributed by atoms with Gasteiger partial charge in [0.2, 0.25) is 0 Å². The van der Waals surface area contributed by atoms with E-state index in [0.717, 1.165) is 72.6 Å². The molecule has 0 saturated heterocycles. The minimum absolute atomic E-state index is 0.298. The number of fused-ring (bicyclic) bond motifs is 3. The van der Waals surface area contributed by atoms with Crippen LogP contribution in [0.3, 0.4) is 0 Å². The zero-order valence-electron chi connectivity index (χ0n) is 32.4. The van der Waals surface area contributed by atoms with Gasteiger partial charge in [-0.15, -0.1) is 0 Å². The molecule has 1 aliphatic carbocycles. The Bertz CT molecular complexity index is 2810. The smallest absolute Gasteiger partial charge is 0.195 e. The summed E-state index contributed by atoms with van der Waals surface area (Å²) >= 11 is 0. The van der Waals surface area contributed by atoms with Crippen LogP contribution in [0.15, 0.2) is 176 Å². The van der Waals surface area contributed by atoms with Crippen molar-refractivity contribution in [3.05, 3.63) is 199 Å². The molecule has 59 heavy (non-hydrogen) atoms. The van der Waals surface area contributed by atoms with E-state index in [1.807, 2.05) is 109 Å². The molecule has 0 aliphatic heterocycles. The predicted octanol–water partition coefficient (Wildman–Crippen LogP) is 12.6. The lowest BCUT2D eigenvalue weighted by atomic mass is 9.81. The van der Waals surface area contributed by atoms with Gasteiger partial charge in [0.1, 0.15) is 0 Å². The van der Waals surface area contributed by atoms with E-state index in [0.29, 0.717) is 23.2 Å². The van der Waals surface area contributed by atoms with Gasteiger partial charge in [0.25, 0.3) is 0 Å². The van der Waals surface area contributed by atoms with Crippen LogP contribution in [0.25, 0.3) is 94.9 Å². The summed E-state index contributed by atoms with van der Waals surface area (Å²) in [5.74, 6) is 1.75. The maximum atomic E-state index is 7.95.